The number of pyridine rings is 1. The van der Waals surface area contributed by atoms with E-state index in [1.54, 1.807) is 20.2 Å². The summed E-state index contributed by atoms with van der Waals surface area (Å²) in [5.41, 5.74) is 4.65. The maximum absolute atomic E-state index is 14.1. The Kier molecular flexibility index (Phi) is 9.94. The minimum atomic E-state index is -0.988. The van der Waals surface area contributed by atoms with Gasteiger partial charge in [0, 0.05) is 69.3 Å². The molecule has 0 saturated carbocycles. The van der Waals surface area contributed by atoms with Gasteiger partial charge in [-0.15, -0.1) is 0 Å². The van der Waals surface area contributed by atoms with Crippen LogP contribution in [0.1, 0.15) is 50.3 Å². The third-order valence-corrected chi connectivity index (χ3v) is 8.37. The molecule has 2 aromatic carbocycles. The number of nitrogens with zero attached hydrogens (tertiary/aromatic N) is 1. The lowest BCUT2D eigenvalue weighted by molar-refractivity contribution is -0.142. The molecule has 1 atom stereocenters. The molecule has 0 saturated heterocycles. The zero-order valence-corrected chi connectivity index (χ0v) is 24.9. The van der Waals surface area contributed by atoms with Gasteiger partial charge in [0.25, 0.3) is 0 Å². The number of benzene rings is 2. The number of halogens is 1. The molecule has 7 nitrogen and oxygen atoms in total. The van der Waals surface area contributed by atoms with Crippen molar-refractivity contribution >= 4 is 27.7 Å². The number of fused-ring (bicyclic) bond motifs is 1. The van der Waals surface area contributed by atoms with E-state index in [2.05, 4.69) is 4.98 Å². The second kappa shape index (κ2) is 13.4. The molecule has 4 rings (SSSR count). The summed E-state index contributed by atoms with van der Waals surface area (Å²) in [7, 11) is 0.620. The number of ether oxygens (including phenoxy) is 3. The van der Waals surface area contributed by atoms with Crippen molar-refractivity contribution in [1.82, 2.24) is 4.98 Å². The summed E-state index contributed by atoms with van der Waals surface area (Å²) in [4.78, 5) is 16.6. The van der Waals surface area contributed by atoms with E-state index in [4.69, 9.17) is 18.6 Å². The van der Waals surface area contributed by atoms with Crippen LogP contribution in [-0.2, 0) is 51.1 Å². The molecular weight excluding hydrogens is 545 g/mol. The predicted octanol–water partition coefficient (Wildman–Crippen LogP) is 6.55. The van der Waals surface area contributed by atoms with Gasteiger partial charge in [-0.2, -0.15) is 0 Å². The van der Waals surface area contributed by atoms with Gasteiger partial charge in [-0.25, -0.2) is 4.39 Å². The van der Waals surface area contributed by atoms with Gasteiger partial charge < -0.3 is 18.6 Å². The van der Waals surface area contributed by atoms with Crippen LogP contribution < -0.4 is 4.74 Å². The molecule has 0 bridgehead atoms. The summed E-state index contributed by atoms with van der Waals surface area (Å²) in [6, 6.07) is 13.9. The summed E-state index contributed by atoms with van der Waals surface area (Å²) < 4.78 is 48.9. The van der Waals surface area contributed by atoms with Crippen LogP contribution in [0.5, 0.6) is 5.75 Å². The second-order valence-corrected chi connectivity index (χ2v) is 13.0. The Bertz CT molecular complexity index is 1540. The Morgan fingerprint density at radius 2 is 1.88 bits per heavy atom. The van der Waals surface area contributed by atoms with Crippen molar-refractivity contribution < 1.29 is 32.0 Å². The minimum absolute atomic E-state index is 0.0182. The van der Waals surface area contributed by atoms with Crippen molar-refractivity contribution in [2.24, 2.45) is 0 Å². The molecule has 2 heterocycles. The van der Waals surface area contributed by atoms with Crippen molar-refractivity contribution in [2.45, 2.75) is 58.5 Å². The van der Waals surface area contributed by atoms with Gasteiger partial charge in [-0.3, -0.25) is 14.0 Å². The van der Waals surface area contributed by atoms with E-state index < -0.39 is 22.6 Å². The average Bonchev–Trinajstić information content (AvgIpc) is 3.33. The van der Waals surface area contributed by atoms with E-state index in [0.717, 1.165) is 27.8 Å². The lowest BCUT2D eigenvalue weighted by atomic mass is 10.0. The van der Waals surface area contributed by atoms with Crippen molar-refractivity contribution in [3.8, 4) is 16.9 Å². The average molecular weight is 582 g/mol. The van der Waals surface area contributed by atoms with Crippen LogP contribution in [0.15, 0.2) is 59.1 Å². The molecule has 0 aliphatic carbocycles. The number of aryl methyl sites for hydroxylation is 1. The van der Waals surface area contributed by atoms with Crippen LogP contribution in [-0.4, -0.2) is 39.4 Å². The minimum Gasteiger partial charge on any atom is -0.488 e. The van der Waals surface area contributed by atoms with Gasteiger partial charge in [0.1, 0.15) is 36.1 Å². The lowest BCUT2D eigenvalue weighted by Crippen LogP contribution is -2.25. The highest BCUT2D eigenvalue weighted by Gasteiger charge is 2.20. The summed E-state index contributed by atoms with van der Waals surface area (Å²) in [6.07, 6.45) is 2.31. The summed E-state index contributed by atoms with van der Waals surface area (Å²) in [6.45, 7) is 8.36. The van der Waals surface area contributed by atoms with E-state index in [1.165, 1.54) is 18.2 Å². The largest absolute Gasteiger partial charge is 0.488 e. The first-order valence-corrected chi connectivity index (χ1v) is 14.8. The van der Waals surface area contributed by atoms with E-state index in [-0.39, 0.29) is 30.1 Å². The molecule has 218 valence electrons. The first-order valence-electron chi connectivity index (χ1n) is 13.5. The van der Waals surface area contributed by atoms with Crippen molar-refractivity contribution in [2.75, 3.05) is 19.5 Å². The van der Waals surface area contributed by atoms with Crippen LogP contribution >= 0.6 is 0 Å². The monoisotopic (exact) mass is 581 g/mol. The van der Waals surface area contributed by atoms with Crippen LogP contribution in [0.4, 0.5) is 4.39 Å². The zero-order chi connectivity index (χ0) is 29.6. The van der Waals surface area contributed by atoms with Gasteiger partial charge in [-0.1, -0.05) is 6.07 Å². The number of methoxy groups -OCH3 is 1. The number of carbonyl (C=O) groups is 1. The number of hydrogen-bond donors (Lipinski definition) is 0. The van der Waals surface area contributed by atoms with E-state index in [0.29, 0.717) is 35.7 Å². The molecule has 4 aromatic rings. The predicted molar refractivity (Wildman–Crippen MR) is 158 cm³/mol. The molecule has 9 heteroatoms. The Morgan fingerprint density at radius 3 is 2.61 bits per heavy atom. The van der Waals surface area contributed by atoms with Crippen molar-refractivity contribution in [1.29, 1.82) is 0 Å². The highest BCUT2D eigenvalue weighted by atomic mass is 32.2. The van der Waals surface area contributed by atoms with Crippen molar-refractivity contribution in [3.63, 3.8) is 0 Å². The molecule has 0 fully saturated rings. The first-order chi connectivity index (χ1) is 19.6. The standard InChI is InChI=1S/C32H36FNO6S/c1-6-38-30(35)17-23-7-8-25(33)18-29(23)39-19-21-13-24-16-27(20-37-5)40-31(24)28(14-21)22-9-11-34-26(15-22)10-12-41(36)32(2,3)4/h7-9,11,13-16,18H,6,10,12,17,19-20H2,1-5H3/t41-/m1/s1. The summed E-state index contributed by atoms with van der Waals surface area (Å²) in [5.74, 6) is 0.614. The third kappa shape index (κ3) is 8.01. The fraction of sp³-hybridized carbons (Fsp3) is 0.375. The normalized spacial score (nSPS) is 12.4. The number of furan rings is 1. The smallest absolute Gasteiger partial charge is 0.310 e. The quantitative estimate of drug-likeness (QED) is 0.175. The zero-order valence-electron chi connectivity index (χ0n) is 24.1. The third-order valence-electron chi connectivity index (χ3n) is 6.43. The van der Waals surface area contributed by atoms with Gasteiger partial charge in [0.05, 0.1) is 13.0 Å². The molecule has 0 unspecified atom stereocenters. The number of esters is 1. The maximum Gasteiger partial charge on any atom is 0.310 e. The van der Waals surface area contributed by atoms with E-state index in [1.807, 2.05) is 51.1 Å². The van der Waals surface area contributed by atoms with Gasteiger partial charge in [0.15, 0.2) is 0 Å². The van der Waals surface area contributed by atoms with Gasteiger partial charge in [-0.05, 0) is 75.2 Å². The molecule has 0 N–H and O–H groups in total. The summed E-state index contributed by atoms with van der Waals surface area (Å²) in [5, 5.41) is 0.867. The van der Waals surface area contributed by atoms with E-state index in [9.17, 15) is 13.4 Å². The molecule has 0 spiro atoms. The highest BCUT2D eigenvalue weighted by molar-refractivity contribution is 7.86. The first kappa shape index (κ1) is 30.4. The van der Waals surface area contributed by atoms with Crippen molar-refractivity contribution in [3.05, 3.63) is 83.1 Å². The molecule has 0 amide bonds. The molecule has 0 aliphatic rings. The Morgan fingerprint density at radius 1 is 1.07 bits per heavy atom. The Hall–Kier alpha value is -3.56. The molecule has 0 aliphatic heterocycles. The van der Waals surface area contributed by atoms with E-state index >= 15 is 0 Å². The van der Waals surface area contributed by atoms with Crippen LogP contribution in [0.25, 0.3) is 22.1 Å². The van der Waals surface area contributed by atoms with Crippen LogP contribution in [0.3, 0.4) is 0 Å². The molecule has 2 aromatic heterocycles. The van der Waals surface area contributed by atoms with Crippen LogP contribution in [0, 0.1) is 5.82 Å². The van der Waals surface area contributed by atoms with Crippen LogP contribution in [0.2, 0.25) is 0 Å². The van der Waals surface area contributed by atoms with Gasteiger partial charge >= 0.3 is 5.97 Å². The van der Waals surface area contributed by atoms with Gasteiger partial charge in [0.2, 0.25) is 0 Å². The highest BCUT2D eigenvalue weighted by Crippen LogP contribution is 2.34. The number of carbonyl (C=O) groups excluding carboxylic acids is 1. The second-order valence-electron chi connectivity index (χ2n) is 10.7. The Labute approximate surface area is 242 Å². The lowest BCUT2D eigenvalue weighted by Gasteiger charge is -2.17. The molecule has 41 heavy (non-hydrogen) atoms. The number of hydrogen-bond acceptors (Lipinski definition) is 7. The number of aromatic nitrogens is 1. The SMILES string of the molecule is CCOC(=O)Cc1ccc(F)cc1OCc1cc(-c2ccnc(CC[S@@](=O)C(C)(C)C)c2)c2oc(COC)cc2c1. The molecule has 0 radical (unpaired) electrons. The maximum atomic E-state index is 14.1. The topological polar surface area (TPSA) is 87.9 Å². The summed E-state index contributed by atoms with van der Waals surface area (Å²) >= 11 is 0. The Balaban J connectivity index is 1.65. The fourth-order valence-electron chi connectivity index (χ4n) is 4.40. The fourth-order valence-corrected chi connectivity index (χ4v) is 5.41. The molecular formula is C32H36FNO6S. The number of rotatable bonds is 12.